The van der Waals surface area contributed by atoms with Gasteiger partial charge < -0.3 is 20.3 Å². The van der Waals surface area contributed by atoms with Crippen LogP contribution in [0.5, 0.6) is 5.75 Å². The largest absolute Gasteiger partial charge is 0.492 e. The van der Waals surface area contributed by atoms with Crippen LogP contribution in [-0.4, -0.2) is 94.9 Å². The highest BCUT2D eigenvalue weighted by Gasteiger charge is 2.52. The minimum Gasteiger partial charge on any atom is -0.492 e. The van der Waals surface area contributed by atoms with Gasteiger partial charge in [-0.25, -0.2) is 0 Å². The predicted octanol–water partition coefficient (Wildman–Crippen LogP) is 6.00. The van der Waals surface area contributed by atoms with Crippen LogP contribution in [0.15, 0.2) is 60.7 Å². The van der Waals surface area contributed by atoms with E-state index in [0.717, 1.165) is 17.7 Å². The minimum absolute atomic E-state index is 0.0110. The summed E-state index contributed by atoms with van der Waals surface area (Å²) in [4.78, 5) is 58.2. The molecule has 0 bridgehead atoms. The van der Waals surface area contributed by atoms with Gasteiger partial charge in [0.1, 0.15) is 23.9 Å². The number of rotatable bonds is 12. The number of nitrogens with one attached hydrogen (secondary N) is 3. The third-order valence-electron chi connectivity index (χ3n) is 11.5. The van der Waals surface area contributed by atoms with E-state index in [-0.39, 0.29) is 54.5 Å². The molecular formula is C43H51F3N8O5S. The standard InChI is InChI=1S/C43H51F3N8O5S/c1-7-28-17-33(54-41(60)53(40(58)42(54,5)6)32-12-11-29(20-47)34(19-32)43(44,45)46)13-15-36(28)59-24-27(4)51-21-25(2)52(26(3)22-51)23-38(56)49-31-10-8-9-30(18-31)48-35-14-16-37(55)50-39(35)57/h8-13,15,17-19,25-27,35,41,48,60H,7,14,16,21-24H2,1-6H3,(H,49,56)(H,50,55,57)/t25-,26+,27-,35?,41+/m1/s1. The third kappa shape index (κ3) is 9.35. The Hall–Kier alpha value is -5.31. The summed E-state index contributed by atoms with van der Waals surface area (Å²) in [5, 5.41) is 17.7. The molecule has 0 saturated carbocycles. The van der Waals surface area contributed by atoms with Crippen molar-refractivity contribution in [2.45, 2.75) is 102 Å². The first kappa shape index (κ1) is 44.2. The molecule has 60 heavy (non-hydrogen) atoms. The van der Waals surface area contributed by atoms with Crippen molar-refractivity contribution in [2.75, 3.05) is 46.7 Å². The van der Waals surface area contributed by atoms with Crippen molar-refractivity contribution in [2.24, 2.45) is 0 Å². The smallest absolute Gasteiger partial charge is 0.417 e. The topological polar surface area (TPSA) is 150 Å². The molecule has 3 aliphatic heterocycles. The Morgan fingerprint density at radius 1 is 1.03 bits per heavy atom. The summed E-state index contributed by atoms with van der Waals surface area (Å²) in [7, 11) is 0. The number of anilines is 4. The number of carbonyl (C=O) groups is 4. The summed E-state index contributed by atoms with van der Waals surface area (Å²) in [5.74, 6) is -0.572. The molecule has 320 valence electrons. The van der Waals surface area contributed by atoms with Crippen molar-refractivity contribution in [1.82, 2.24) is 15.1 Å². The summed E-state index contributed by atoms with van der Waals surface area (Å²) in [6.07, 6.45) is -3.51. The summed E-state index contributed by atoms with van der Waals surface area (Å²) in [6, 6.07) is 17.2. The Kier molecular flexibility index (Phi) is 13.1. The number of hydrogen-bond acceptors (Lipinski definition) is 11. The number of halogens is 3. The van der Waals surface area contributed by atoms with E-state index in [1.54, 1.807) is 49.1 Å². The number of benzene rings is 3. The summed E-state index contributed by atoms with van der Waals surface area (Å²) in [6.45, 7) is 13.7. The fourth-order valence-corrected chi connectivity index (χ4v) is 8.89. The van der Waals surface area contributed by atoms with E-state index in [2.05, 4.69) is 46.5 Å². The first-order valence-electron chi connectivity index (χ1n) is 20.0. The number of imide groups is 1. The SMILES string of the molecule is CCc1cc(N2[C@@H](S)N(c3ccc(C#N)c(C(F)(F)F)c3)C(=O)C2(C)C)ccc1OC[C@@H](C)N1C[C@@H](C)N(CC(=O)Nc2cccc(NC3CCC(=O)NC3=O)c2)[C@@H](C)C1. The molecule has 0 radical (unpaired) electrons. The molecule has 4 amide bonds. The number of piperidine rings is 1. The summed E-state index contributed by atoms with van der Waals surface area (Å²) in [5.41, 5.74) is -0.974. The molecule has 17 heteroatoms. The van der Waals surface area contributed by atoms with Crippen LogP contribution < -0.4 is 30.5 Å². The number of thiol groups is 1. The second-order valence-electron chi connectivity index (χ2n) is 16.2. The van der Waals surface area contributed by atoms with Crippen molar-refractivity contribution < 1.29 is 37.1 Å². The molecule has 0 spiro atoms. The van der Waals surface area contributed by atoms with Crippen LogP contribution in [0, 0.1) is 11.3 Å². The Bertz CT molecular complexity index is 2170. The molecule has 3 N–H and O–H groups in total. The zero-order valence-electron chi connectivity index (χ0n) is 34.5. The van der Waals surface area contributed by atoms with Gasteiger partial charge in [-0.1, -0.05) is 13.0 Å². The first-order chi connectivity index (χ1) is 28.3. The average Bonchev–Trinajstić information content (AvgIpc) is 3.37. The van der Waals surface area contributed by atoms with Crippen molar-refractivity contribution in [3.8, 4) is 11.8 Å². The molecular weight excluding hydrogens is 798 g/mol. The van der Waals surface area contributed by atoms with Gasteiger partial charge in [0.15, 0.2) is 5.50 Å². The molecule has 6 rings (SSSR count). The monoisotopic (exact) mass is 848 g/mol. The van der Waals surface area contributed by atoms with E-state index in [4.69, 9.17) is 17.4 Å². The van der Waals surface area contributed by atoms with Gasteiger partial charge in [-0.15, -0.1) is 12.6 Å². The number of hydrogen-bond donors (Lipinski definition) is 4. The summed E-state index contributed by atoms with van der Waals surface area (Å²) < 4.78 is 47.9. The van der Waals surface area contributed by atoms with E-state index >= 15 is 0 Å². The maximum absolute atomic E-state index is 13.8. The lowest BCUT2D eigenvalue weighted by atomic mass is 10.0. The van der Waals surface area contributed by atoms with E-state index in [0.29, 0.717) is 55.3 Å². The van der Waals surface area contributed by atoms with Gasteiger partial charge in [0.25, 0.3) is 5.91 Å². The second kappa shape index (κ2) is 17.7. The number of ether oxygens (including phenoxy) is 1. The zero-order valence-corrected chi connectivity index (χ0v) is 35.4. The van der Waals surface area contributed by atoms with E-state index in [9.17, 15) is 37.6 Å². The second-order valence-corrected chi connectivity index (χ2v) is 16.7. The van der Waals surface area contributed by atoms with Crippen LogP contribution in [0.4, 0.5) is 35.9 Å². The van der Waals surface area contributed by atoms with Gasteiger partial charge in [-0.05, 0) is 108 Å². The van der Waals surface area contributed by atoms with Crippen LogP contribution in [0.25, 0.3) is 0 Å². The molecule has 0 aliphatic carbocycles. The molecule has 13 nitrogen and oxygen atoms in total. The van der Waals surface area contributed by atoms with Crippen molar-refractivity contribution in [3.05, 3.63) is 77.4 Å². The molecule has 3 aromatic rings. The Balaban J connectivity index is 1.05. The van der Waals surface area contributed by atoms with Gasteiger partial charge in [0.2, 0.25) is 17.7 Å². The van der Waals surface area contributed by atoms with E-state index in [1.165, 1.54) is 11.0 Å². The number of nitriles is 1. The highest BCUT2D eigenvalue weighted by molar-refractivity contribution is 7.81. The quantitative estimate of drug-likeness (QED) is 0.126. The van der Waals surface area contributed by atoms with Gasteiger partial charge in [0.05, 0.1) is 23.7 Å². The van der Waals surface area contributed by atoms with E-state index in [1.807, 2.05) is 25.1 Å². The molecule has 5 atom stereocenters. The molecule has 1 unspecified atom stereocenters. The van der Waals surface area contributed by atoms with Crippen LogP contribution in [-0.2, 0) is 31.8 Å². The zero-order chi connectivity index (χ0) is 43.7. The average molecular weight is 849 g/mol. The van der Waals surface area contributed by atoms with E-state index < -0.39 is 40.3 Å². The minimum atomic E-state index is -4.78. The number of carbonyl (C=O) groups excluding carboxylic acids is 4. The third-order valence-corrected chi connectivity index (χ3v) is 12.0. The van der Waals surface area contributed by atoms with Crippen LogP contribution in [0.1, 0.15) is 71.1 Å². The normalized spacial score (nSPS) is 22.9. The van der Waals surface area contributed by atoms with Gasteiger partial charge >= 0.3 is 6.18 Å². The van der Waals surface area contributed by atoms with Gasteiger partial charge in [-0.2, -0.15) is 18.4 Å². The number of alkyl halides is 3. The number of aryl methyl sites for hydroxylation is 1. The van der Waals surface area contributed by atoms with Gasteiger partial charge in [-0.3, -0.25) is 39.2 Å². The lowest BCUT2D eigenvalue weighted by Gasteiger charge is -2.46. The first-order valence-corrected chi connectivity index (χ1v) is 20.5. The Morgan fingerprint density at radius 3 is 2.37 bits per heavy atom. The molecule has 3 aromatic carbocycles. The molecule has 3 saturated heterocycles. The molecule has 3 fully saturated rings. The Labute approximate surface area is 353 Å². The summed E-state index contributed by atoms with van der Waals surface area (Å²) >= 11 is 4.74. The van der Waals surface area contributed by atoms with Crippen molar-refractivity contribution in [3.63, 3.8) is 0 Å². The highest BCUT2D eigenvalue weighted by atomic mass is 32.1. The maximum atomic E-state index is 13.8. The molecule has 3 aliphatic rings. The highest BCUT2D eigenvalue weighted by Crippen LogP contribution is 2.43. The number of piperazine rings is 1. The number of amides is 4. The molecule has 3 heterocycles. The number of nitrogens with zero attached hydrogens (tertiary/aromatic N) is 5. The predicted molar refractivity (Wildman–Crippen MR) is 226 cm³/mol. The lowest BCUT2D eigenvalue weighted by Crippen LogP contribution is -2.60. The fourth-order valence-electron chi connectivity index (χ4n) is 8.23. The molecule has 0 aromatic heterocycles. The van der Waals surface area contributed by atoms with Crippen LogP contribution in [0.2, 0.25) is 0 Å². The van der Waals surface area contributed by atoms with Crippen molar-refractivity contribution in [1.29, 1.82) is 5.26 Å². The van der Waals surface area contributed by atoms with Crippen molar-refractivity contribution >= 4 is 59.0 Å². The van der Waals surface area contributed by atoms with Crippen LogP contribution >= 0.6 is 12.6 Å². The Morgan fingerprint density at radius 2 is 1.72 bits per heavy atom. The van der Waals surface area contributed by atoms with Gasteiger partial charge in [0, 0.05) is 60.4 Å². The lowest BCUT2D eigenvalue weighted by molar-refractivity contribution is -0.138. The maximum Gasteiger partial charge on any atom is 0.417 e. The van der Waals surface area contributed by atoms with Crippen LogP contribution in [0.3, 0.4) is 0 Å². The fraction of sp³-hybridized carbons (Fsp3) is 0.465.